The van der Waals surface area contributed by atoms with Gasteiger partial charge >= 0.3 is 0 Å². The molecule has 0 spiro atoms. The van der Waals surface area contributed by atoms with E-state index in [9.17, 15) is 4.79 Å². The fraction of sp³-hybridized carbons (Fsp3) is 0.107. The predicted molar refractivity (Wildman–Crippen MR) is 122 cm³/mol. The molecule has 4 aromatic rings. The fourth-order valence-electron chi connectivity index (χ4n) is 5.17. The second-order valence-corrected chi connectivity index (χ2v) is 8.13. The van der Waals surface area contributed by atoms with Crippen LogP contribution >= 0.6 is 0 Å². The van der Waals surface area contributed by atoms with Crippen LogP contribution in [0.15, 0.2) is 84.9 Å². The highest BCUT2D eigenvalue weighted by molar-refractivity contribution is 6.03. The summed E-state index contributed by atoms with van der Waals surface area (Å²) in [5.41, 5.74) is 12.2. The van der Waals surface area contributed by atoms with Crippen LogP contribution in [0.5, 0.6) is 0 Å². The van der Waals surface area contributed by atoms with Crippen LogP contribution in [0, 0.1) is 0 Å². The zero-order chi connectivity index (χ0) is 20.2. The Morgan fingerprint density at radius 1 is 0.600 bits per heavy atom. The summed E-state index contributed by atoms with van der Waals surface area (Å²) in [6.07, 6.45) is 1.72. The minimum absolute atomic E-state index is 0.0451. The molecule has 4 aromatic carbocycles. The van der Waals surface area contributed by atoms with Crippen molar-refractivity contribution in [3.05, 3.63) is 107 Å². The number of rotatable bonds is 2. The Kier molecular flexibility index (Phi) is 3.69. The van der Waals surface area contributed by atoms with Gasteiger partial charge in [-0.3, -0.25) is 9.69 Å². The van der Waals surface area contributed by atoms with E-state index in [0.717, 1.165) is 24.2 Å². The minimum atomic E-state index is 0.0451. The van der Waals surface area contributed by atoms with Crippen LogP contribution in [0.3, 0.4) is 0 Å². The lowest BCUT2D eigenvalue weighted by Gasteiger charge is -2.26. The molecule has 0 saturated carbocycles. The van der Waals surface area contributed by atoms with Gasteiger partial charge in [0, 0.05) is 19.8 Å². The Morgan fingerprint density at radius 3 is 1.50 bits per heavy atom. The largest absolute Gasteiger partial charge is 0.281 e. The van der Waals surface area contributed by atoms with E-state index in [2.05, 4.69) is 84.9 Å². The van der Waals surface area contributed by atoms with Crippen molar-refractivity contribution < 1.29 is 4.79 Å². The highest BCUT2D eigenvalue weighted by atomic mass is 16.2. The van der Waals surface area contributed by atoms with E-state index in [0.29, 0.717) is 0 Å². The molecule has 0 saturated heterocycles. The highest BCUT2D eigenvalue weighted by Crippen LogP contribution is 2.46. The first-order valence-electron chi connectivity index (χ1n) is 10.4. The average Bonchev–Trinajstić information content (AvgIpc) is 3.33. The number of nitrogens with zero attached hydrogens (tertiary/aromatic N) is 1. The first kappa shape index (κ1) is 17.2. The topological polar surface area (TPSA) is 20.3 Å². The molecule has 0 aromatic heterocycles. The minimum Gasteiger partial charge on any atom is -0.281 e. The molecule has 1 amide bonds. The summed E-state index contributed by atoms with van der Waals surface area (Å²) >= 11 is 0. The maximum Gasteiger partial charge on any atom is 0.228 e. The van der Waals surface area contributed by atoms with Crippen LogP contribution in [0.4, 0.5) is 11.4 Å². The van der Waals surface area contributed by atoms with Crippen molar-refractivity contribution in [3.63, 3.8) is 0 Å². The zero-order valence-corrected chi connectivity index (χ0v) is 16.9. The maximum atomic E-state index is 13.0. The van der Waals surface area contributed by atoms with Crippen LogP contribution in [0.2, 0.25) is 0 Å². The molecular weight excluding hydrogens is 366 g/mol. The Morgan fingerprint density at radius 2 is 1.03 bits per heavy atom. The van der Waals surface area contributed by atoms with Gasteiger partial charge in [0.25, 0.3) is 0 Å². The third-order valence-electron chi connectivity index (χ3n) is 6.45. The van der Waals surface area contributed by atoms with E-state index < -0.39 is 0 Å². The van der Waals surface area contributed by atoms with Gasteiger partial charge in [0.2, 0.25) is 5.91 Å². The normalized spacial score (nSPS) is 12.7. The third kappa shape index (κ3) is 2.40. The molecule has 6 rings (SSSR count). The van der Waals surface area contributed by atoms with Gasteiger partial charge < -0.3 is 0 Å². The van der Waals surface area contributed by atoms with E-state index in [-0.39, 0.29) is 5.91 Å². The molecule has 30 heavy (non-hydrogen) atoms. The number of anilines is 2. The van der Waals surface area contributed by atoms with Gasteiger partial charge in [0.1, 0.15) is 0 Å². The van der Waals surface area contributed by atoms with Crippen molar-refractivity contribution in [1.82, 2.24) is 0 Å². The lowest BCUT2D eigenvalue weighted by atomic mass is 10.0. The van der Waals surface area contributed by atoms with E-state index >= 15 is 0 Å². The number of benzene rings is 4. The van der Waals surface area contributed by atoms with Crippen LogP contribution in [-0.2, 0) is 17.6 Å². The van der Waals surface area contributed by atoms with Gasteiger partial charge in [-0.05, 0) is 56.6 Å². The van der Waals surface area contributed by atoms with Gasteiger partial charge in [-0.1, -0.05) is 72.8 Å². The third-order valence-corrected chi connectivity index (χ3v) is 6.45. The van der Waals surface area contributed by atoms with Crippen LogP contribution < -0.4 is 4.90 Å². The Labute approximate surface area is 176 Å². The number of fused-ring (bicyclic) bond motifs is 6. The van der Waals surface area contributed by atoms with E-state index in [4.69, 9.17) is 0 Å². The van der Waals surface area contributed by atoms with Crippen LogP contribution in [0.25, 0.3) is 22.3 Å². The Balaban J connectivity index is 1.54. The molecular formula is C28H21NO. The highest BCUT2D eigenvalue weighted by Gasteiger charge is 2.29. The van der Waals surface area contributed by atoms with Gasteiger partial charge in [-0.15, -0.1) is 0 Å². The maximum absolute atomic E-state index is 13.0. The van der Waals surface area contributed by atoms with Crippen molar-refractivity contribution in [2.45, 2.75) is 19.8 Å². The molecule has 2 aliphatic carbocycles. The average molecular weight is 387 g/mol. The van der Waals surface area contributed by atoms with Crippen LogP contribution in [-0.4, -0.2) is 5.91 Å². The van der Waals surface area contributed by atoms with Gasteiger partial charge in [0.15, 0.2) is 0 Å². The molecule has 144 valence electrons. The SMILES string of the molecule is CC(=O)N(c1cccc2c1Cc1ccccc1-2)c1cccc2c1Cc1ccccc1-2. The van der Waals surface area contributed by atoms with Crippen molar-refractivity contribution in [2.24, 2.45) is 0 Å². The summed E-state index contributed by atoms with van der Waals surface area (Å²) in [6, 6.07) is 29.8. The number of amides is 1. The summed E-state index contributed by atoms with van der Waals surface area (Å²) in [4.78, 5) is 14.9. The van der Waals surface area contributed by atoms with Crippen LogP contribution in [0.1, 0.15) is 29.2 Å². The monoisotopic (exact) mass is 387 g/mol. The number of carbonyl (C=O) groups is 1. The number of hydrogen-bond acceptors (Lipinski definition) is 1. The second kappa shape index (κ2) is 6.43. The molecule has 0 aliphatic heterocycles. The van der Waals surface area contributed by atoms with Crippen molar-refractivity contribution in [1.29, 1.82) is 0 Å². The smallest absolute Gasteiger partial charge is 0.228 e. The first-order chi connectivity index (χ1) is 14.7. The lowest BCUT2D eigenvalue weighted by Crippen LogP contribution is -2.25. The summed E-state index contributed by atoms with van der Waals surface area (Å²) < 4.78 is 0. The van der Waals surface area contributed by atoms with Crippen molar-refractivity contribution in [3.8, 4) is 22.3 Å². The Bertz CT molecular complexity index is 1240. The van der Waals surface area contributed by atoms with Crippen molar-refractivity contribution in [2.75, 3.05) is 4.90 Å². The van der Waals surface area contributed by atoms with Gasteiger partial charge in [-0.2, -0.15) is 0 Å². The van der Waals surface area contributed by atoms with E-state index in [1.165, 1.54) is 44.5 Å². The molecule has 0 radical (unpaired) electrons. The second-order valence-electron chi connectivity index (χ2n) is 8.13. The molecule has 0 N–H and O–H groups in total. The molecule has 0 atom stereocenters. The number of carbonyl (C=O) groups excluding carboxylic acids is 1. The molecule has 0 unspecified atom stereocenters. The first-order valence-corrected chi connectivity index (χ1v) is 10.4. The summed E-state index contributed by atoms with van der Waals surface area (Å²) in [6.45, 7) is 1.67. The quantitative estimate of drug-likeness (QED) is 0.331. The standard InChI is InChI=1S/C28H21NO/c1-18(30)29(27-14-6-12-23-21-10-4-2-8-19(21)16-25(23)27)28-15-7-13-24-22-11-5-3-9-20(22)17-26(24)28/h2-15H,16-17H2,1H3. The summed E-state index contributed by atoms with van der Waals surface area (Å²) in [5.74, 6) is 0.0451. The molecule has 0 heterocycles. The van der Waals surface area contributed by atoms with Gasteiger partial charge in [0.05, 0.1) is 11.4 Å². The summed E-state index contributed by atoms with van der Waals surface area (Å²) in [5, 5.41) is 0. The number of hydrogen-bond donors (Lipinski definition) is 0. The predicted octanol–water partition coefficient (Wildman–Crippen LogP) is 6.51. The lowest BCUT2D eigenvalue weighted by molar-refractivity contribution is -0.115. The fourth-order valence-corrected chi connectivity index (χ4v) is 5.17. The van der Waals surface area contributed by atoms with Crippen molar-refractivity contribution >= 4 is 17.3 Å². The molecule has 2 aliphatic rings. The Hall–Kier alpha value is -3.65. The van der Waals surface area contributed by atoms with Gasteiger partial charge in [-0.25, -0.2) is 0 Å². The zero-order valence-electron chi connectivity index (χ0n) is 16.9. The molecule has 2 heteroatoms. The molecule has 0 bridgehead atoms. The molecule has 0 fully saturated rings. The van der Waals surface area contributed by atoms with E-state index in [1.54, 1.807) is 6.92 Å². The van der Waals surface area contributed by atoms with E-state index in [1.807, 2.05) is 4.90 Å². The summed E-state index contributed by atoms with van der Waals surface area (Å²) in [7, 11) is 0. The molecule has 2 nitrogen and oxygen atoms in total.